The first-order valence-corrected chi connectivity index (χ1v) is 4.60. The third-order valence-corrected chi connectivity index (χ3v) is 2.20. The summed E-state index contributed by atoms with van der Waals surface area (Å²) in [6.07, 6.45) is -2.87. The van der Waals surface area contributed by atoms with Crippen molar-refractivity contribution in [2.24, 2.45) is 5.84 Å². The molecule has 0 aromatic heterocycles. The van der Waals surface area contributed by atoms with E-state index in [1.807, 2.05) is 5.43 Å². The molecule has 6 heteroatoms. The molecule has 3 N–H and O–H groups in total. The molecule has 0 bridgehead atoms. The average Bonchev–Trinajstić information content (AvgIpc) is 2.18. The minimum Gasteiger partial charge on any atom is -0.271 e. The second-order valence-corrected chi connectivity index (χ2v) is 3.48. The van der Waals surface area contributed by atoms with Crippen molar-refractivity contribution in [1.82, 2.24) is 5.43 Å². The number of alkyl halides is 2. The number of hydrogen-bond donors (Lipinski definition) is 2. The number of hydrazine groups is 1. The van der Waals surface area contributed by atoms with Gasteiger partial charge in [-0.05, 0) is 30.2 Å². The van der Waals surface area contributed by atoms with Crippen molar-refractivity contribution in [3.63, 3.8) is 0 Å². The highest BCUT2D eigenvalue weighted by Crippen LogP contribution is 2.17. The Morgan fingerprint density at radius 3 is 2.60 bits per heavy atom. The van der Waals surface area contributed by atoms with E-state index in [1.165, 1.54) is 12.1 Å². The van der Waals surface area contributed by atoms with Gasteiger partial charge in [0.05, 0.1) is 6.04 Å². The topological polar surface area (TPSA) is 38.0 Å². The van der Waals surface area contributed by atoms with Crippen LogP contribution in [0.25, 0.3) is 0 Å². The predicted octanol–water partition coefficient (Wildman–Crippen LogP) is 2.12. The smallest absolute Gasteiger partial charge is 0.255 e. The minimum absolute atomic E-state index is 0.116. The van der Waals surface area contributed by atoms with Gasteiger partial charge in [0.25, 0.3) is 6.43 Å². The molecule has 0 heterocycles. The first-order valence-electron chi connectivity index (χ1n) is 4.22. The molecule has 0 saturated heterocycles. The van der Waals surface area contributed by atoms with Crippen molar-refractivity contribution in [1.29, 1.82) is 0 Å². The van der Waals surface area contributed by atoms with Gasteiger partial charge in [0.1, 0.15) is 5.82 Å². The van der Waals surface area contributed by atoms with Crippen LogP contribution >= 0.6 is 11.6 Å². The van der Waals surface area contributed by atoms with Crippen LogP contribution in [0, 0.1) is 5.82 Å². The van der Waals surface area contributed by atoms with Crippen molar-refractivity contribution in [3.8, 4) is 0 Å². The second kappa shape index (κ2) is 5.34. The zero-order chi connectivity index (χ0) is 11.4. The van der Waals surface area contributed by atoms with E-state index in [-0.39, 0.29) is 12.0 Å². The highest BCUT2D eigenvalue weighted by molar-refractivity contribution is 6.30. The van der Waals surface area contributed by atoms with Gasteiger partial charge in [0.15, 0.2) is 0 Å². The van der Waals surface area contributed by atoms with Crippen LogP contribution in [0.2, 0.25) is 5.02 Å². The Balaban J connectivity index is 2.82. The molecule has 0 aliphatic rings. The van der Waals surface area contributed by atoms with Crippen molar-refractivity contribution in [2.45, 2.75) is 18.9 Å². The van der Waals surface area contributed by atoms with Crippen LogP contribution in [0.1, 0.15) is 5.56 Å². The molecule has 15 heavy (non-hydrogen) atoms. The van der Waals surface area contributed by atoms with E-state index in [4.69, 9.17) is 17.4 Å². The lowest BCUT2D eigenvalue weighted by atomic mass is 10.1. The van der Waals surface area contributed by atoms with E-state index in [2.05, 4.69) is 0 Å². The van der Waals surface area contributed by atoms with Crippen LogP contribution in [0.15, 0.2) is 18.2 Å². The quantitative estimate of drug-likeness (QED) is 0.623. The molecule has 2 nitrogen and oxygen atoms in total. The third kappa shape index (κ3) is 3.37. The van der Waals surface area contributed by atoms with Gasteiger partial charge in [-0.1, -0.05) is 11.6 Å². The normalized spacial score (nSPS) is 13.2. The molecule has 0 aliphatic heterocycles. The Hall–Kier alpha value is -0.780. The fraction of sp³-hybridized carbons (Fsp3) is 0.333. The molecular weight excluding hydrogens is 229 g/mol. The molecule has 0 aliphatic carbocycles. The molecule has 0 fully saturated rings. The first-order chi connectivity index (χ1) is 7.04. The summed E-state index contributed by atoms with van der Waals surface area (Å²) in [6, 6.07) is 2.52. The summed E-state index contributed by atoms with van der Waals surface area (Å²) in [6.45, 7) is 0. The van der Waals surface area contributed by atoms with E-state index in [9.17, 15) is 13.2 Å². The monoisotopic (exact) mass is 238 g/mol. The van der Waals surface area contributed by atoms with Gasteiger partial charge in [0, 0.05) is 5.02 Å². The SMILES string of the molecule is NNC(Cc1cc(Cl)ccc1F)C(F)F. The standard InChI is InChI=1S/C9H10ClF3N2/c10-6-1-2-7(11)5(3-6)4-8(15-14)9(12)13/h1-3,8-9,15H,4,14H2. The van der Waals surface area contributed by atoms with E-state index >= 15 is 0 Å². The predicted molar refractivity (Wildman–Crippen MR) is 52.2 cm³/mol. The average molecular weight is 239 g/mol. The summed E-state index contributed by atoms with van der Waals surface area (Å²) in [5, 5.41) is 0.302. The Kier molecular flexibility index (Phi) is 4.38. The summed E-state index contributed by atoms with van der Waals surface area (Å²) >= 11 is 5.62. The van der Waals surface area contributed by atoms with Gasteiger partial charge in [0.2, 0.25) is 0 Å². The fourth-order valence-electron chi connectivity index (χ4n) is 1.16. The van der Waals surface area contributed by atoms with Crippen LogP contribution in [0.4, 0.5) is 13.2 Å². The number of benzene rings is 1. The van der Waals surface area contributed by atoms with Crippen LogP contribution in [-0.4, -0.2) is 12.5 Å². The van der Waals surface area contributed by atoms with E-state index < -0.39 is 18.3 Å². The Morgan fingerprint density at radius 1 is 1.40 bits per heavy atom. The van der Waals surface area contributed by atoms with E-state index in [1.54, 1.807) is 0 Å². The lowest BCUT2D eigenvalue weighted by Crippen LogP contribution is -2.42. The molecule has 0 radical (unpaired) electrons. The largest absolute Gasteiger partial charge is 0.271 e. The second-order valence-electron chi connectivity index (χ2n) is 3.05. The lowest BCUT2D eigenvalue weighted by Gasteiger charge is -2.15. The number of nitrogens with two attached hydrogens (primary N) is 1. The zero-order valence-electron chi connectivity index (χ0n) is 7.68. The molecule has 0 amide bonds. The maximum absolute atomic E-state index is 13.2. The molecule has 84 valence electrons. The summed E-state index contributed by atoms with van der Waals surface area (Å²) < 4.78 is 37.8. The lowest BCUT2D eigenvalue weighted by molar-refractivity contribution is 0.0980. The number of nitrogens with one attached hydrogen (secondary N) is 1. The number of halogens is 4. The van der Waals surface area contributed by atoms with Crippen LogP contribution in [-0.2, 0) is 6.42 Å². The Labute approximate surface area is 90.2 Å². The van der Waals surface area contributed by atoms with Crippen molar-refractivity contribution >= 4 is 11.6 Å². The summed E-state index contributed by atoms with van der Waals surface area (Å²) in [7, 11) is 0. The molecule has 0 saturated carbocycles. The number of rotatable bonds is 4. The van der Waals surface area contributed by atoms with Gasteiger partial charge in [-0.2, -0.15) is 0 Å². The molecule has 1 unspecified atom stereocenters. The van der Waals surface area contributed by atoms with E-state index in [0.29, 0.717) is 5.02 Å². The van der Waals surface area contributed by atoms with Gasteiger partial charge >= 0.3 is 0 Å². The number of hydrogen-bond acceptors (Lipinski definition) is 2. The van der Waals surface area contributed by atoms with Crippen molar-refractivity contribution in [2.75, 3.05) is 0 Å². The molecule has 0 spiro atoms. The molecular formula is C9H10ClF3N2. The molecule has 1 rings (SSSR count). The maximum atomic E-state index is 13.2. The summed E-state index contributed by atoms with van der Waals surface area (Å²) in [5.74, 6) is 4.36. The highest BCUT2D eigenvalue weighted by Gasteiger charge is 2.20. The van der Waals surface area contributed by atoms with Gasteiger partial charge < -0.3 is 0 Å². The van der Waals surface area contributed by atoms with Crippen LogP contribution in [0.3, 0.4) is 0 Å². The van der Waals surface area contributed by atoms with Crippen molar-refractivity contribution in [3.05, 3.63) is 34.6 Å². The maximum Gasteiger partial charge on any atom is 0.255 e. The first kappa shape index (κ1) is 12.3. The molecule has 1 aromatic carbocycles. The fourth-order valence-corrected chi connectivity index (χ4v) is 1.35. The van der Waals surface area contributed by atoms with Gasteiger partial charge in [-0.3, -0.25) is 11.3 Å². The van der Waals surface area contributed by atoms with Gasteiger partial charge in [-0.15, -0.1) is 0 Å². The molecule has 1 atom stereocenters. The molecule has 1 aromatic rings. The highest BCUT2D eigenvalue weighted by atomic mass is 35.5. The van der Waals surface area contributed by atoms with Crippen molar-refractivity contribution < 1.29 is 13.2 Å². The van der Waals surface area contributed by atoms with Crippen LogP contribution < -0.4 is 11.3 Å². The van der Waals surface area contributed by atoms with Gasteiger partial charge in [-0.25, -0.2) is 13.2 Å². The summed E-state index contributed by atoms with van der Waals surface area (Å²) in [5.41, 5.74) is 2.05. The minimum atomic E-state index is -2.66. The zero-order valence-corrected chi connectivity index (χ0v) is 8.44. The Morgan fingerprint density at radius 2 is 2.07 bits per heavy atom. The third-order valence-electron chi connectivity index (χ3n) is 1.97. The Bertz CT molecular complexity index is 333. The van der Waals surface area contributed by atoms with E-state index in [0.717, 1.165) is 6.07 Å². The summed E-state index contributed by atoms with van der Waals surface area (Å²) in [4.78, 5) is 0. The van der Waals surface area contributed by atoms with Crippen LogP contribution in [0.5, 0.6) is 0 Å².